The molecular formula is C10H15N3O. The molecule has 14 heavy (non-hydrogen) atoms. The molecule has 1 unspecified atom stereocenters. The normalized spacial score (nSPS) is 26.7. The molecule has 1 atom stereocenters. The maximum Gasteiger partial charge on any atom is 0.0839 e. The van der Waals surface area contributed by atoms with Gasteiger partial charge >= 0.3 is 0 Å². The van der Waals surface area contributed by atoms with E-state index >= 15 is 0 Å². The Bertz CT molecular complexity index is 321. The van der Waals surface area contributed by atoms with Gasteiger partial charge in [0.1, 0.15) is 0 Å². The van der Waals surface area contributed by atoms with Crippen LogP contribution in [0, 0.1) is 6.92 Å². The van der Waals surface area contributed by atoms with Crippen LogP contribution in [-0.4, -0.2) is 33.8 Å². The molecule has 0 aliphatic carbocycles. The van der Waals surface area contributed by atoms with Gasteiger partial charge in [-0.2, -0.15) is 0 Å². The summed E-state index contributed by atoms with van der Waals surface area (Å²) in [5, 5.41) is 13.3. The minimum Gasteiger partial charge on any atom is -0.388 e. The Kier molecular flexibility index (Phi) is 2.48. The average molecular weight is 193 g/mol. The van der Waals surface area contributed by atoms with Gasteiger partial charge < -0.3 is 10.4 Å². The zero-order valence-electron chi connectivity index (χ0n) is 8.32. The largest absolute Gasteiger partial charge is 0.388 e. The molecule has 0 radical (unpaired) electrons. The fourth-order valence-corrected chi connectivity index (χ4v) is 1.80. The number of aryl methyl sites for hydroxylation is 1. The molecule has 1 fully saturated rings. The minimum atomic E-state index is -0.624. The van der Waals surface area contributed by atoms with Crippen LogP contribution in [0.15, 0.2) is 12.4 Å². The molecule has 4 nitrogen and oxygen atoms in total. The van der Waals surface area contributed by atoms with Gasteiger partial charge in [-0.25, -0.2) is 0 Å². The second-order valence-electron chi connectivity index (χ2n) is 3.92. The van der Waals surface area contributed by atoms with Gasteiger partial charge in [-0.3, -0.25) is 9.97 Å². The molecule has 1 aromatic heterocycles. The number of aromatic nitrogens is 2. The number of hydrogen-bond acceptors (Lipinski definition) is 4. The molecular weight excluding hydrogens is 178 g/mol. The van der Waals surface area contributed by atoms with Crippen molar-refractivity contribution in [1.82, 2.24) is 15.3 Å². The van der Waals surface area contributed by atoms with Gasteiger partial charge in [-0.1, -0.05) is 0 Å². The van der Waals surface area contributed by atoms with Crippen molar-refractivity contribution in [2.75, 3.05) is 13.1 Å². The summed E-state index contributed by atoms with van der Waals surface area (Å²) in [6.45, 7) is 3.47. The maximum atomic E-state index is 10.1. The summed E-state index contributed by atoms with van der Waals surface area (Å²) < 4.78 is 0. The quantitative estimate of drug-likeness (QED) is 0.697. The van der Waals surface area contributed by atoms with Crippen LogP contribution in [0.1, 0.15) is 17.8 Å². The fraction of sp³-hybridized carbons (Fsp3) is 0.600. The Morgan fingerprint density at radius 3 is 2.93 bits per heavy atom. The Morgan fingerprint density at radius 1 is 1.50 bits per heavy atom. The summed E-state index contributed by atoms with van der Waals surface area (Å²) in [6.07, 6.45) is 4.74. The first-order chi connectivity index (χ1) is 6.70. The number of nitrogens with zero attached hydrogens (tertiary/aromatic N) is 2. The lowest BCUT2D eigenvalue weighted by Crippen LogP contribution is -2.34. The second kappa shape index (κ2) is 3.63. The predicted octanol–water partition coefficient (Wildman–Crippen LogP) is 0.0519. The molecule has 4 heteroatoms. The molecule has 0 spiro atoms. The second-order valence-corrected chi connectivity index (χ2v) is 3.92. The highest BCUT2D eigenvalue weighted by Gasteiger charge is 2.32. The van der Waals surface area contributed by atoms with Crippen LogP contribution in [0.3, 0.4) is 0 Å². The van der Waals surface area contributed by atoms with E-state index in [1.807, 2.05) is 6.92 Å². The van der Waals surface area contributed by atoms with Gasteiger partial charge in [0.25, 0.3) is 0 Å². The van der Waals surface area contributed by atoms with E-state index in [0.717, 1.165) is 24.4 Å². The lowest BCUT2D eigenvalue weighted by molar-refractivity contribution is 0.0606. The summed E-state index contributed by atoms with van der Waals surface area (Å²) in [5.74, 6) is 0. The Hall–Kier alpha value is -1.00. The van der Waals surface area contributed by atoms with Crippen LogP contribution in [0.25, 0.3) is 0 Å². The molecule has 2 heterocycles. The third-order valence-electron chi connectivity index (χ3n) is 2.70. The van der Waals surface area contributed by atoms with Gasteiger partial charge in [-0.05, 0) is 19.9 Å². The van der Waals surface area contributed by atoms with Gasteiger partial charge in [-0.15, -0.1) is 0 Å². The third kappa shape index (κ3) is 1.91. The molecule has 0 aromatic carbocycles. The summed E-state index contributed by atoms with van der Waals surface area (Å²) in [4.78, 5) is 8.39. The molecule has 1 aliphatic heterocycles. The predicted molar refractivity (Wildman–Crippen MR) is 52.9 cm³/mol. The molecule has 0 saturated carbocycles. The van der Waals surface area contributed by atoms with E-state index in [1.165, 1.54) is 0 Å². The molecule has 0 bridgehead atoms. The van der Waals surface area contributed by atoms with Crippen molar-refractivity contribution in [2.24, 2.45) is 0 Å². The molecule has 0 amide bonds. The van der Waals surface area contributed by atoms with Crippen LogP contribution in [0.2, 0.25) is 0 Å². The van der Waals surface area contributed by atoms with Gasteiger partial charge in [0.05, 0.1) is 17.0 Å². The van der Waals surface area contributed by atoms with Crippen LogP contribution >= 0.6 is 0 Å². The molecule has 2 N–H and O–H groups in total. The molecule has 1 aliphatic rings. The van der Waals surface area contributed by atoms with Crippen LogP contribution in [0.4, 0.5) is 0 Å². The van der Waals surface area contributed by atoms with E-state index in [9.17, 15) is 5.11 Å². The summed E-state index contributed by atoms with van der Waals surface area (Å²) in [6, 6.07) is 0. The van der Waals surface area contributed by atoms with Gasteiger partial charge in [0.2, 0.25) is 0 Å². The van der Waals surface area contributed by atoms with Gasteiger partial charge in [0, 0.05) is 25.4 Å². The monoisotopic (exact) mass is 193 g/mol. The van der Waals surface area contributed by atoms with Crippen LogP contribution < -0.4 is 5.32 Å². The van der Waals surface area contributed by atoms with Crippen molar-refractivity contribution in [2.45, 2.75) is 25.4 Å². The first kappa shape index (κ1) is 9.55. The lowest BCUT2D eigenvalue weighted by Gasteiger charge is -2.20. The number of hydrogen-bond donors (Lipinski definition) is 2. The molecule has 76 valence electrons. The van der Waals surface area contributed by atoms with Crippen molar-refractivity contribution in [1.29, 1.82) is 0 Å². The standard InChI is InChI=1S/C10H15N3O/c1-8-9(13-5-4-12-8)6-10(14)2-3-11-7-10/h4-5,11,14H,2-3,6-7H2,1H3. The zero-order valence-corrected chi connectivity index (χ0v) is 8.32. The van der Waals surface area contributed by atoms with Crippen molar-refractivity contribution >= 4 is 0 Å². The fourth-order valence-electron chi connectivity index (χ4n) is 1.80. The molecule has 1 aromatic rings. The Balaban J connectivity index is 2.14. The number of aliphatic hydroxyl groups is 1. The first-order valence-corrected chi connectivity index (χ1v) is 4.89. The van der Waals surface area contributed by atoms with E-state index in [4.69, 9.17) is 0 Å². The Morgan fingerprint density at radius 2 is 2.29 bits per heavy atom. The van der Waals surface area contributed by atoms with Crippen LogP contribution in [-0.2, 0) is 6.42 Å². The van der Waals surface area contributed by atoms with Crippen LogP contribution in [0.5, 0.6) is 0 Å². The van der Waals surface area contributed by atoms with Crippen molar-refractivity contribution in [3.05, 3.63) is 23.8 Å². The van der Waals surface area contributed by atoms with E-state index < -0.39 is 5.60 Å². The van der Waals surface area contributed by atoms with Gasteiger partial charge in [0.15, 0.2) is 0 Å². The summed E-state index contributed by atoms with van der Waals surface area (Å²) in [7, 11) is 0. The van der Waals surface area contributed by atoms with E-state index in [2.05, 4.69) is 15.3 Å². The highest BCUT2D eigenvalue weighted by molar-refractivity contribution is 5.12. The Labute approximate surface area is 83.4 Å². The van der Waals surface area contributed by atoms with Crippen molar-refractivity contribution < 1.29 is 5.11 Å². The average Bonchev–Trinajstić information content (AvgIpc) is 2.57. The highest BCUT2D eigenvalue weighted by atomic mass is 16.3. The molecule has 2 rings (SSSR count). The SMILES string of the molecule is Cc1nccnc1CC1(O)CCNC1. The number of β-amino-alcohol motifs (C(OH)–C–C–N with tert-alkyl or cyclic N) is 1. The van der Waals surface area contributed by atoms with E-state index in [-0.39, 0.29) is 0 Å². The zero-order chi connectivity index (χ0) is 10.0. The van der Waals surface area contributed by atoms with E-state index in [1.54, 1.807) is 12.4 Å². The van der Waals surface area contributed by atoms with E-state index in [0.29, 0.717) is 13.0 Å². The number of nitrogens with one attached hydrogen (secondary N) is 1. The first-order valence-electron chi connectivity index (χ1n) is 4.89. The lowest BCUT2D eigenvalue weighted by atomic mass is 9.96. The highest BCUT2D eigenvalue weighted by Crippen LogP contribution is 2.19. The topological polar surface area (TPSA) is 58.0 Å². The molecule has 1 saturated heterocycles. The maximum absolute atomic E-state index is 10.1. The smallest absolute Gasteiger partial charge is 0.0839 e. The minimum absolute atomic E-state index is 0.597. The summed E-state index contributed by atoms with van der Waals surface area (Å²) in [5.41, 5.74) is 1.19. The van der Waals surface area contributed by atoms with Crippen molar-refractivity contribution in [3.8, 4) is 0 Å². The summed E-state index contributed by atoms with van der Waals surface area (Å²) >= 11 is 0. The number of rotatable bonds is 2. The van der Waals surface area contributed by atoms with Crippen molar-refractivity contribution in [3.63, 3.8) is 0 Å². The third-order valence-corrected chi connectivity index (χ3v) is 2.70.